The van der Waals surface area contributed by atoms with E-state index < -0.39 is 5.60 Å². The highest BCUT2D eigenvalue weighted by Gasteiger charge is 2.47. The molecule has 1 aliphatic carbocycles. The summed E-state index contributed by atoms with van der Waals surface area (Å²) >= 11 is 0. The lowest BCUT2D eigenvalue weighted by Gasteiger charge is -2.38. The summed E-state index contributed by atoms with van der Waals surface area (Å²) in [5.74, 6) is 0.780. The zero-order valence-corrected chi connectivity index (χ0v) is 13.8. The Balaban J connectivity index is 1.38. The fourth-order valence-corrected chi connectivity index (χ4v) is 3.91. The van der Waals surface area contributed by atoms with E-state index in [4.69, 9.17) is 0 Å². The SMILES string of the molecule is O=C(C1CC1c1ccccc1)N1CCC(O)(c2ccccc2)CC1. The molecule has 24 heavy (non-hydrogen) atoms. The molecule has 3 heteroatoms. The molecular formula is C21H23NO2. The van der Waals surface area contributed by atoms with Crippen molar-refractivity contribution in [3.05, 3.63) is 71.8 Å². The van der Waals surface area contributed by atoms with Crippen molar-refractivity contribution in [3.8, 4) is 0 Å². The average molecular weight is 321 g/mol. The van der Waals surface area contributed by atoms with Crippen molar-refractivity contribution in [2.24, 2.45) is 5.92 Å². The second kappa shape index (κ2) is 6.06. The van der Waals surface area contributed by atoms with Crippen LogP contribution in [0.1, 0.15) is 36.3 Å². The summed E-state index contributed by atoms with van der Waals surface area (Å²) in [5.41, 5.74) is 1.44. The first-order chi connectivity index (χ1) is 11.7. The van der Waals surface area contributed by atoms with Crippen LogP contribution in [0, 0.1) is 5.92 Å². The Morgan fingerprint density at radius 1 is 0.958 bits per heavy atom. The summed E-state index contributed by atoms with van der Waals surface area (Å²) in [6.07, 6.45) is 2.19. The van der Waals surface area contributed by atoms with Crippen LogP contribution >= 0.6 is 0 Å². The molecule has 0 aromatic heterocycles. The first-order valence-corrected chi connectivity index (χ1v) is 8.79. The molecule has 0 bridgehead atoms. The van der Waals surface area contributed by atoms with Gasteiger partial charge >= 0.3 is 0 Å². The number of benzene rings is 2. The van der Waals surface area contributed by atoms with Crippen LogP contribution < -0.4 is 0 Å². The predicted molar refractivity (Wildman–Crippen MR) is 93.4 cm³/mol. The molecule has 1 saturated heterocycles. The molecule has 2 aromatic carbocycles. The van der Waals surface area contributed by atoms with Crippen LogP contribution in [-0.4, -0.2) is 29.0 Å². The molecule has 4 rings (SSSR count). The van der Waals surface area contributed by atoms with E-state index in [1.54, 1.807) is 0 Å². The van der Waals surface area contributed by atoms with Gasteiger partial charge in [0.1, 0.15) is 0 Å². The first-order valence-electron chi connectivity index (χ1n) is 8.79. The molecule has 2 fully saturated rings. The summed E-state index contributed by atoms with van der Waals surface area (Å²) in [6, 6.07) is 20.1. The number of aliphatic hydroxyl groups is 1. The van der Waals surface area contributed by atoms with E-state index >= 15 is 0 Å². The van der Waals surface area contributed by atoms with Gasteiger partial charge in [-0.15, -0.1) is 0 Å². The van der Waals surface area contributed by atoms with Gasteiger partial charge < -0.3 is 10.0 Å². The van der Waals surface area contributed by atoms with Crippen LogP contribution in [0.15, 0.2) is 60.7 Å². The molecule has 1 heterocycles. The molecule has 124 valence electrons. The molecule has 1 N–H and O–H groups in total. The minimum absolute atomic E-state index is 0.135. The van der Waals surface area contributed by atoms with Crippen LogP contribution in [0.2, 0.25) is 0 Å². The Hall–Kier alpha value is -2.13. The molecule has 1 saturated carbocycles. The summed E-state index contributed by atoms with van der Waals surface area (Å²) in [7, 11) is 0. The first kappa shape index (κ1) is 15.4. The number of carbonyl (C=O) groups is 1. The summed E-state index contributed by atoms with van der Waals surface area (Å²) in [5, 5.41) is 10.9. The van der Waals surface area contributed by atoms with E-state index in [0.29, 0.717) is 31.8 Å². The molecule has 1 amide bonds. The fraction of sp³-hybridized carbons (Fsp3) is 0.381. The van der Waals surface area contributed by atoms with Crippen molar-refractivity contribution < 1.29 is 9.90 Å². The van der Waals surface area contributed by atoms with E-state index in [-0.39, 0.29) is 11.8 Å². The highest BCUT2D eigenvalue weighted by atomic mass is 16.3. The number of amides is 1. The zero-order chi connectivity index (χ0) is 16.6. The second-order valence-electron chi connectivity index (χ2n) is 7.08. The Kier molecular flexibility index (Phi) is 3.89. The van der Waals surface area contributed by atoms with Crippen LogP contribution in [0.3, 0.4) is 0 Å². The van der Waals surface area contributed by atoms with Gasteiger partial charge in [0, 0.05) is 19.0 Å². The number of hydrogen-bond donors (Lipinski definition) is 1. The maximum Gasteiger partial charge on any atom is 0.226 e. The van der Waals surface area contributed by atoms with Gasteiger partial charge in [-0.25, -0.2) is 0 Å². The average Bonchev–Trinajstić information content (AvgIpc) is 3.44. The minimum Gasteiger partial charge on any atom is -0.385 e. The molecule has 2 unspecified atom stereocenters. The third kappa shape index (κ3) is 2.84. The molecule has 1 aliphatic heterocycles. The van der Waals surface area contributed by atoms with E-state index in [0.717, 1.165) is 12.0 Å². The maximum absolute atomic E-state index is 12.7. The van der Waals surface area contributed by atoms with Crippen molar-refractivity contribution in [1.82, 2.24) is 4.90 Å². The predicted octanol–water partition coefficient (Wildman–Crippen LogP) is 3.30. The Labute approximate surface area is 142 Å². The van der Waals surface area contributed by atoms with Crippen molar-refractivity contribution in [3.63, 3.8) is 0 Å². The van der Waals surface area contributed by atoms with Crippen molar-refractivity contribution >= 4 is 5.91 Å². The highest BCUT2D eigenvalue weighted by molar-refractivity contribution is 5.83. The Morgan fingerprint density at radius 2 is 1.54 bits per heavy atom. The molecular weight excluding hydrogens is 298 g/mol. The standard InChI is InChI=1S/C21H23NO2/c23-20(19-15-18(19)16-7-3-1-4-8-16)22-13-11-21(24,12-14-22)17-9-5-2-6-10-17/h1-10,18-19,24H,11-15H2. The molecule has 2 aromatic rings. The third-order valence-electron chi connectivity index (χ3n) is 5.55. The van der Waals surface area contributed by atoms with Crippen molar-refractivity contribution in [1.29, 1.82) is 0 Å². The van der Waals surface area contributed by atoms with Crippen LogP contribution in [0.5, 0.6) is 0 Å². The summed E-state index contributed by atoms with van der Waals surface area (Å²) in [6.45, 7) is 1.28. The number of hydrogen-bond acceptors (Lipinski definition) is 2. The van der Waals surface area contributed by atoms with E-state index in [2.05, 4.69) is 12.1 Å². The monoisotopic (exact) mass is 321 g/mol. The van der Waals surface area contributed by atoms with Crippen LogP contribution in [0.4, 0.5) is 0 Å². The number of rotatable bonds is 3. The zero-order valence-electron chi connectivity index (χ0n) is 13.8. The number of piperidine rings is 1. The van der Waals surface area contributed by atoms with Gasteiger partial charge in [0.15, 0.2) is 0 Å². The third-order valence-corrected chi connectivity index (χ3v) is 5.55. The lowest BCUT2D eigenvalue weighted by atomic mass is 9.84. The Bertz CT molecular complexity index is 705. The minimum atomic E-state index is -0.791. The van der Waals surface area contributed by atoms with Gasteiger partial charge in [-0.1, -0.05) is 60.7 Å². The van der Waals surface area contributed by atoms with E-state index in [9.17, 15) is 9.90 Å². The van der Waals surface area contributed by atoms with Gasteiger partial charge in [0.2, 0.25) is 5.91 Å². The van der Waals surface area contributed by atoms with E-state index in [1.165, 1.54) is 5.56 Å². The topological polar surface area (TPSA) is 40.5 Å². The smallest absolute Gasteiger partial charge is 0.226 e. The van der Waals surface area contributed by atoms with Gasteiger partial charge in [0.25, 0.3) is 0 Å². The summed E-state index contributed by atoms with van der Waals surface area (Å²) in [4.78, 5) is 14.7. The van der Waals surface area contributed by atoms with Crippen molar-refractivity contribution in [2.75, 3.05) is 13.1 Å². The lowest BCUT2D eigenvalue weighted by molar-refractivity contribution is -0.137. The van der Waals surface area contributed by atoms with Crippen LogP contribution in [-0.2, 0) is 10.4 Å². The molecule has 3 nitrogen and oxygen atoms in total. The Morgan fingerprint density at radius 3 is 2.17 bits per heavy atom. The maximum atomic E-state index is 12.7. The normalized spacial score (nSPS) is 25.3. The van der Waals surface area contributed by atoms with Gasteiger partial charge in [-0.3, -0.25) is 4.79 Å². The molecule has 2 aliphatic rings. The molecule has 0 radical (unpaired) electrons. The van der Waals surface area contributed by atoms with Crippen molar-refractivity contribution in [2.45, 2.75) is 30.8 Å². The highest BCUT2D eigenvalue weighted by Crippen LogP contribution is 2.49. The second-order valence-corrected chi connectivity index (χ2v) is 7.08. The number of likely N-dealkylation sites (tertiary alicyclic amines) is 1. The largest absolute Gasteiger partial charge is 0.385 e. The lowest BCUT2D eigenvalue weighted by Crippen LogP contribution is -2.45. The quantitative estimate of drug-likeness (QED) is 0.942. The van der Waals surface area contributed by atoms with Crippen LogP contribution in [0.25, 0.3) is 0 Å². The number of nitrogens with zero attached hydrogens (tertiary/aromatic N) is 1. The molecule has 2 atom stereocenters. The number of carbonyl (C=O) groups excluding carboxylic acids is 1. The summed E-state index contributed by atoms with van der Waals surface area (Å²) < 4.78 is 0. The van der Waals surface area contributed by atoms with Gasteiger partial charge in [0.05, 0.1) is 5.60 Å². The van der Waals surface area contributed by atoms with Gasteiger partial charge in [-0.2, -0.15) is 0 Å². The van der Waals surface area contributed by atoms with Gasteiger partial charge in [-0.05, 0) is 36.3 Å². The molecule has 0 spiro atoms. The fourth-order valence-electron chi connectivity index (χ4n) is 3.91. The van der Waals surface area contributed by atoms with E-state index in [1.807, 2.05) is 53.4 Å².